The Morgan fingerprint density at radius 3 is 1.75 bits per heavy atom. The second-order valence-corrected chi connectivity index (χ2v) is 12.6. The van der Waals surface area contributed by atoms with Gasteiger partial charge in [-0.25, -0.2) is 0 Å². The van der Waals surface area contributed by atoms with E-state index in [1.54, 1.807) is 0 Å². The lowest BCUT2D eigenvalue weighted by Gasteiger charge is -2.27. The van der Waals surface area contributed by atoms with Gasteiger partial charge in [0.05, 0.1) is 0 Å². The molecule has 0 aliphatic carbocycles. The van der Waals surface area contributed by atoms with E-state index in [-0.39, 0.29) is 0 Å². The van der Waals surface area contributed by atoms with E-state index in [9.17, 15) is 0 Å². The molecule has 0 saturated carbocycles. The molecule has 0 aliphatic heterocycles. The summed E-state index contributed by atoms with van der Waals surface area (Å²) in [7, 11) is 0. The van der Waals surface area contributed by atoms with Gasteiger partial charge in [-0.05, 0) is 97.4 Å². The number of para-hydroxylation sites is 1. The lowest BCUT2D eigenvalue weighted by molar-refractivity contribution is 0.672. The average molecular weight is 612 g/mol. The molecule has 0 aliphatic rings. The Labute approximate surface area is 277 Å². The summed E-state index contributed by atoms with van der Waals surface area (Å²) in [5.74, 6) is 0. The van der Waals surface area contributed by atoms with Crippen LogP contribution in [0.5, 0.6) is 0 Å². The molecule has 0 unspecified atom stereocenters. The van der Waals surface area contributed by atoms with E-state index in [4.69, 9.17) is 4.42 Å². The second-order valence-electron chi connectivity index (χ2n) is 12.6. The molecule has 2 heteroatoms. The highest BCUT2D eigenvalue weighted by Crippen LogP contribution is 2.42. The van der Waals surface area contributed by atoms with Crippen molar-refractivity contribution in [1.82, 2.24) is 0 Å². The molecule has 0 amide bonds. The molecule has 10 aromatic rings. The minimum Gasteiger partial charge on any atom is -0.455 e. The first-order valence-corrected chi connectivity index (χ1v) is 16.4. The SMILES string of the molecule is c1ccc(-c2cccc(N(c3ccc4ccc5c6ccccc6oc5c4c3)c3ccc4ccc5ccc6ccccc6c5c4c3)c2)cc1. The fourth-order valence-corrected chi connectivity index (χ4v) is 7.48. The number of anilines is 3. The fraction of sp³-hybridized carbons (Fsp3) is 0. The molecule has 0 saturated heterocycles. The third kappa shape index (κ3) is 4.20. The lowest BCUT2D eigenvalue weighted by atomic mass is 9.96. The summed E-state index contributed by atoms with van der Waals surface area (Å²) in [6.45, 7) is 0. The van der Waals surface area contributed by atoms with Gasteiger partial charge in [-0.1, -0.05) is 127 Å². The van der Waals surface area contributed by atoms with Gasteiger partial charge < -0.3 is 9.32 Å². The number of hydrogen-bond donors (Lipinski definition) is 0. The van der Waals surface area contributed by atoms with Crippen molar-refractivity contribution in [2.45, 2.75) is 0 Å². The molecular formula is C46H29NO. The summed E-state index contributed by atoms with van der Waals surface area (Å²) in [4.78, 5) is 2.39. The van der Waals surface area contributed by atoms with Crippen LogP contribution in [-0.4, -0.2) is 0 Å². The van der Waals surface area contributed by atoms with Crippen molar-refractivity contribution in [2.75, 3.05) is 4.90 Å². The average Bonchev–Trinajstić information content (AvgIpc) is 3.54. The Morgan fingerprint density at radius 2 is 0.917 bits per heavy atom. The van der Waals surface area contributed by atoms with Crippen LogP contribution >= 0.6 is 0 Å². The summed E-state index contributed by atoms with van der Waals surface area (Å²) >= 11 is 0. The Balaban J connectivity index is 1.25. The molecule has 0 spiro atoms. The molecule has 48 heavy (non-hydrogen) atoms. The van der Waals surface area contributed by atoms with E-state index in [0.29, 0.717) is 0 Å². The number of nitrogens with zero attached hydrogens (tertiary/aromatic N) is 1. The second kappa shape index (κ2) is 10.6. The zero-order valence-corrected chi connectivity index (χ0v) is 26.1. The highest BCUT2D eigenvalue weighted by molar-refractivity contribution is 6.21. The first-order valence-electron chi connectivity index (χ1n) is 16.4. The topological polar surface area (TPSA) is 16.4 Å². The Bertz CT molecular complexity index is 2840. The van der Waals surface area contributed by atoms with Crippen LogP contribution in [0.15, 0.2) is 180 Å². The Morgan fingerprint density at radius 1 is 0.333 bits per heavy atom. The van der Waals surface area contributed by atoms with Gasteiger partial charge in [0.15, 0.2) is 0 Å². The van der Waals surface area contributed by atoms with Crippen molar-refractivity contribution >= 4 is 82.1 Å². The molecular weight excluding hydrogens is 583 g/mol. The third-order valence-electron chi connectivity index (χ3n) is 9.78. The fourth-order valence-electron chi connectivity index (χ4n) is 7.48. The molecule has 10 rings (SSSR count). The van der Waals surface area contributed by atoms with Gasteiger partial charge in [0.25, 0.3) is 0 Å². The van der Waals surface area contributed by atoms with Crippen molar-refractivity contribution in [1.29, 1.82) is 0 Å². The van der Waals surface area contributed by atoms with Crippen molar-refractivity contribution in [3.05, 3.63) is 176 Å². The van der Waals surface area contributed by atoms with Crippen LogP contribution < -0.4 is 4.90 Å². The highest BCUT2D eigenvalue weighted by atomic mass is 16.3. The van der Waals surface area contributed by atoms with Crippen LogP contribution in [0.2, 0.25) is 0 Å². The Hall–Kier alpha value is -6.38. The van der Waals surface area contributed by atoms with Crippen LogP contribution in [0.25, 0.3) is 76.2 Å². The summed E-state index contributed by atoms with van der Waals surface area (Å²) in [5.41, 5.74) is 7.47. The van der Waals surface area contributed by atoms with Gasteiger partial charge in [0.1, 0.15) is 11.2 Å². The minimum atomic E-state index is 0.909. The van der Waals surface area contributed by atoms with Gasteiger partial charge in [-0.3, -0.25) is 0 Å². The molecule has 2 nitrogen and oxygen atoms in total. The summed E-state index contributed by atoms with van der Waals surface area (Å²) in [5, 5.41) is 12.0. The number of hydrogen-bond acceptors (Lipinski definition) is 2. The maximum Gasteiger partial charge on any atom is 0.143 e. The summed E-state index contributed by atoms with van der Waals surface area (Å²) < 4.78 is 6.52. The molecule has 0 N–H and O–H groups in total. The van der Waals surface area contributed by atoms with E-state index in [0.717, 1.165) is 49.8 Å². The minimum absolute atomic E-state index is 0.909. The van der Waals surface area contributed by atoms with Crippen molar-refractivity contribution < 1.29 is 4.42 Å². The van der Waals surface area contributed by atoms with Gasteiger partial charge >= 0.3 is 0 Å². The predicted octanol–water partition coefficient (Wildman–Crippen LogP) is 13.3. The highest BCUT2D eigenvalue weighted by Gasteiger charge is 2.18. The van der Waals surface area contributed by atoms with E-state index in [1.165, 1.54) is 43.4 Å². The summed E-state index contributed by atoms with van der Waals surface area (Å²) in [6, 6.07) is 63.4. The van der Waals surface area contributed by atoms with Crippen LogP contribution in [0, 0.1) is 0 Å². The smallest absolute Gasteiger partial charge is 0.143 e. The Kier molecular flexibility index (Phi) is 5.91. The number of rotatable bonds is 4. The van der Waals surface area contributed by atoms with Gasteiger partial charge in [0.2, 0.25) is 0 Å². The molecule has 0 radical (unpaired) electrons. The van der Waals surface area contributed by atoms with Crippen molar-refractivity contribution in [2.24, 2.45) is 0 Å². The third-order valence-corrected chi connectivity index (χ3v) is 9.78. The van der Waals surface area contributed by atoms with Gasteiger partial charge in [-0.15, -0.1) is 0 Å². The molecule has 1 heterocycles. The quantitative estimate of drug-likeness (QED) is 0.184. The zero-order valence-electron chi connectivity index (χ0n) is 26.1. The number of benzene rings is 9. The monoisotopic (exact) mass is 611 g/mol. The number of furan rings is 1. The number of fused-ring (bicyclic) bond motifs is 10. The van der Waals surface area contributed by atoms with Crippen molar-refractivity contribution in [3.8, 4) is 11.1 Å². The maximum atomic E-state index is 6.52. The van der Waals surface area contributed by atoms with Crippen LogP contribution in [0.1, 0.15) is 0 Å². The van der Waals surface area contributed by atoms with E-state index < -0.39 is 0 Å². The lowest BCUT2D eigenvalue weighted by Crippen LogP contribution is -2.10. The molecule has 0 fully saturated rings. The molecule has 224 valence electrons. The zero-order chi connectivity index (χ0) is 31.6. The molecule has 9 aromatic carbocycles. The first kappa shape index (κ1) is 26.8. The van der Waals surface area contributed by atoms with Crippen molar-refractivity contribution in [3.63, 3.8) is 0 Å². The molecule has 1 aromatic heterocycles. The van der Waals surface area contributed by atoms with E-state index in [1.807, 2.05) is 6.07 Å². The van der Waals surface area contributed by atoms with Gasteiger partial charge in [-0.2, -0.15) is 0 Å². The molecule has 0 bridgehead atoms. The van der Waals surface area contributed by atoms with Gasteiger partial charge in [0, 0.05) is 33.2 Å². The first-order chi connectivity index (χ1) is 23.8. The predicted molar refractivity (Wildman–Crippen MR) is 204 cm³/mol. The maximum absolute atomic E-state index is 6.52. The largest absolute Gasteiger partial charge is 0.455 e. The molecule has 0 atom stereocenters. The standard InChI is InChI=1S/C46H29NO/c1-2-9-30(10-3-1)35-12-8-13-36(27-35)47(38-25-22-33-23-26-41-40-15-6-7-16-44(40)48-46(41)43(33)29-38)37-24-21-32-18-20-34-19-17-31-11-4-5-14-39(31)45(34)42(32)28-37/h1-29H. The summed E-state index contributed by atoms with van der Waals surface area (Å²) in [6.07, 6.45) is 0. The van der Waals surface area contributed by atoms with Crippen LogP contribution in [-0.2, 0) is 0 Å². The van der Waals surface area contributed by atoms with E-state index in [2.05, 4.69) is 175 Å². The van der Waals surface area contributed by atoms with Crippen LogP contribution in [0.3, 0.4) is 0 Å². The van der Waals surface area contributed by atoms with E-state index >= 15 is 0 Å². The van der Waals surface area contributed by atoms with Crippen LogP contribution in [0.4, 0.5) is 17.1 Å². The normalized spacial score (nSPS) is 11.8.